The zero-order valence-electron chi connectivity index (χ0n) is 17.1. The lowest BCUT2D eigenvalue weighted by Crippen LogP contribution is -3.13. The first kappa shape index (κ1) is 19.3. The number of ether oxygens (including phenoxy) is 2. The lowest BCUT2D eigenvalue weighted by atomic mass is 10.0. The van der Waals surface area contributed by atoms with Crippen molar-refractivity contribution in [2.45, 2.75) is 6.54 Å². The van der Waals surface area contributed by atoms with E-state index >= 15 is 0 Å². The summed E-state index contributed by atoms with van der Waals surface area (Å²) in [6.07, 6.45) is 1.90. The number of fused-ring (bicyclic) bond motifs is 1. The van der Waals surface area contributed by atoms with E-state index in [0.717, 1.165) is 49.8 Å². The minimum atomic E-state index is 0.723. The van der Waals surface area contributed by atoms with E-state index < -0.39 is 0 Å². The molecule has 0 unspecified atom stereocenters. The molecule has 1 saturated heterocycles. The van der Waals surface area contributed by atoms with Gasteiger partial charge >= 0.3 is 0 Å². The number of rotatable bonds is 6. The summed E-state index contributed by atoms with van der Waals surface area (Å²) in [7, 11) is 3.29. The predicted molar refractivity (Wildman–Crippen MR) is 117 cm³/mol. The second-order valence-electron chi connectivity index (χ2n) is 7.38. The van der Waals surface area contributed by atoms with Crippen molar-refractivity contribution in [3.63, 3.8) is 0 Å². The van der Waals surface area contributed by atoms with E-state index in [0.29, 0.717) is 0 Å². The summed E-state index contributed by atoms with van der Waals surface area (Å²) in [5, 5.41) is 9.52. The number of nitrogens with zero attached hydrogens (tertiary/aromatic N) is 2. The molecule has 5 heteroatoms. The number of piperazine rings is 1. The lowest BCUT2D eigenvalue weighted by Gasteiger charge is -2.30. The molecule has 1 aliphatic heterocycles. The molecule has 0 radical (unpaired) electrons. The van der Waals surface area contributed by atoms with Crippen LogP contribution in [0.15, 0.2) is 65.8 Å². The molecule has 4 rings (SSSR count). The maximum atomic E-state index is 5.37. The van der Waals surface area contributed by atoms with Crippen molar-refractivity contribution in [2.24, 2.45) is 5.10 Å². The van der Waals surface area contributed by atoms with Gasteiger partial charge in [0.05, 0.1) is 46.6 Å². The van der Waals surface area contributed by atoms with E-state index in [1.54, 1.807) is 19.1 Å². The first-order chi connectivity index (χ1) is 14.3. The first-order valence-corrected chi connectivity index (χ1v) is 10.1. The van der Waals surface area contributed by atoms with Crippen molar-refractivity contribution in [3.8, 4) is 11.5 Å². The monoisotopic (exact) mass is 390 g/mol. The van der Waals surface area contributed by atoms with Crippen molar-refractivity contribution in [1.29, 1.82) is 0 Å². The Labute approximate surface area is 172 Å². The van der Waals surface area contributed by atoms with Crippen LogP contribution in [0.25, 0.3) is 10.8 Å². The maximum absolute atomic E-state index is 5.37. The molecule has 3 aromatic rings. The van der Waals surface area contributed by atoms with Crippen LogP contribution in [-0.4, -0.2) is 51.6 Å². The fourth-order valence-corrected chi connectivity index (χ4v) is 3.90. The van der Waals surface area contributed by atoms with Gasteiger partial charge in [0.25, 0.3) is 0 Å². The molecular formula is C24H28N3O2+. The van der Waals surface area contributed by atoms with Gasteiger partial charge in [0, 0.05) is 5.56 Å². The van der Waals surface area contributed by atoms with E-state index in [-0.39, 0.29) is 0 Å². The molecule has 0 saturated carbocycles. The summed E-state index contributed by atoms with van der Waals surface area (Å²) in [6.45, 7) is 5.17. The minimum Gasteiger partial charge on any atom is -0.493 e. The highest BCUT2D eigenvalue weighted by atomic mass is 16.5. The quantitative estimate of drug-likeness (QED) is 0.658. The van der Waals surface area contributed by atoms with Crippen LogP contribution in [0.3, 0.4) is 0 Å². The summed E-state index contributed by atoms with van der Waals surface area (Å²) in [5.41, 5.74) is 2.44. The third-order valence-corrected chi connectivity index (χ3v) is 5.55. The zero-order valence-corrected chi connectivity index (χ0v) is 17.1. The van der Waals surface area contributed by atoms with Gasteiger partial charge in [-0.15, -0.1) is 0 Å². The number of methoxy groups -OCH3 is 2. The average Bonchev–Trinajstić information content (AvgIpc) is 2.78. The molecule has 0 bridgehead atoms. The number of quaternary nitrogens is 1. The van der Waals surface area contributed by atoms with Crippen molar-refractivity contribution >= 4 is 17.0 Å². The second-order valence-corrected chi connectivity index (χ2v) is 7.38. The Morgan fingerprint density at radius 2 is 1.69 bits per heavy atom. The Hall–Kier alpha value is -3.05. The van der Waals surface area contributed by atoms with Crippen molar-refractivity contribution < 1.29 is 14.4 Å². The predicted octanol–water partition coefficient (Wildman–Crippen LogP) is 2.59. The SMILES string of the molecule is COc1ccc(/C=N\N2CC[NH+](Cc3cccc4ccccc34)CC2)cc1OC. The molecule has 29 heavy (non-hydrogen) atoms. The van der Waals surface area contributed by atoms with Gasteiger partial charge < -0.3 is 14.4 Å². The molecule has 1 aliphatic rings. The van der Waals surface area contributed by atoms with E-state index in [2.05, 4.69) is 52.6 Å². The largest absolute Gasteiger partial charge is 0.493 e. The zero-order chi connectivity index (χ0) is 20.1. The standard InChI is InChI=1S/C24H27N3O2/c1-28-23-11-10-19(16-24(23)29-2)17-25-27-14-12-26(13-15-27)18-21-8-5-7-20-6-3-4-9-22(20)21/h3-11,16-17H,12-15,18H2,1-2H3/p+1/b25-17-. The van der Waals surface area contributed by atoms with E-state index in [4.69, 9.17) is 9.47 Å². The Morgan fingerprint density at radius 3 is 2.48 bits per heavy atom. The molecule has 1 fully saturated rings. The van der Waals surface area contributed by atoms with Crippen molar-refractivity contribution in [3.05, 3.63) is 71.8 Å². The van der Waals surface area contributed by atoms with Gasteiger partial charge in [0.15, 0.2) is 11.5 Å². The van der Waals surface area contributed by atoms with Gasteiger partial charge in [-0.1, -0.05) is 42.5 Å². The third-order valence-electron chi connectivity index (χ3n) is 5.55. The van der Waals surface area contributed by atoms with Crippen LogP contribution in [0.2, 0.25) is 0 Å². The summed E-state index contributed by atoms with van der Waals surface area (Å²) in [4.78, 5) is 1.61. The summed E-state index contributed by atoms with van der Waals surface area (Å²) in [6, 6.07) is 21.1. The molecule has 1 N–H and O–H groups in total. The van der Waals surface area contributed by atoms with Gasteiger partial charge in [-0.05, 0) is 34.5 Å². The summed E-state index contributed by atoms with van der Waals surface area (Å²) in [5.74, 6) is 1.45. The van der Waals surface area contributed by atoms with Gasteiger partial charge in [-0.2, -0.15) is 5.10 Å². The van der Waals surface area contributed by atoms with Gasteiger partial charge in [-0.25, -0.2) is 0 Å². The molecular weight excluding hydrogens is 362 g/mol. The normalized spacial score (nSPS) is 15.2. The molecule has 0 spiro atoms. The Kier molecular flexibility index (Phi) is 5.96. The lowest BCUT2D eigenvalue weighted by molar-refractivity contribution is -0.918. The highest BCUT2D eigenvalue weighted by Gasteiger charge is 2.19. The van der Waals surface area contributed by atoms with Gasteiger partial charge in [-0.3, -0.25) is 5.01 Å². The van der Waals surface area contributed by atoms with Crippen LogP contribution in [0.4, 0.5) is 0 Å². The molecule has 0 aliphatic carbocycles. The second kappa shape index (κ2) is 8.97. The molecule has 0 aromatic heterocycles. The number of hydrogen-bond acceptors (Lipinski definition) is 4. The molecule has 3 aromatic carbocycles. The Bertz CT molecular complexity index is 989. The molecule has 5 nitrogen and oxygen atoms in total. The van der Waals surface area contributed by atoms with Crippen LogP contribution in [-0.2, 0) is 6.54 Å². The third kappa shape index (κ3) is 4.51. The minimum absolute atomic E-state index is 0.723. The van der Waals surface area contributed by atoms with Crippen LogP contribution in [0.1, 0.15) is 11.1 Å². The summed E-state index contributed by atoms with van der Waals surface area (Å²) >= 11 is 0. The molecule has 150 valence electrons. The van der Waals surface area contributed by atoms with E-state index in [1.807, 2.05) is 24.4 Å². The highest BCUT2D eigenvalue weighted by molar-refractivity contribution is 5.85. The van der Waals surface area contributed by atoms with E-state index in [1.165, 1.54) is 16.3 Å². The fourth-order valence-electron chi connectivity index (χ4n) is 3.90. The topological polar surface area (TPSA) is 38.5 Å². The first-order valence-electron chi connectivity index (χ1n) is 10.1. The molecule has 0 atom stereocenters. The fraction of sp³-hybridized carbons (Fsp3) is 0.292. The Balaban J connectivity index is 1.35. The number of nitrogens with one attached hydrogen (secondary N) is 1. The van der Waals surface area contributed by atoms with Crippen LogP contribution in [0, 0.1) is 0 Å². The number of hydrogen-bond donors (Lipinski definition) is 1. The van der Waals surface area contributed by atoms with Crippen LogP contribution in [0.5, 0.6) is 11.5 Å². The van der Waals surface area contributed by atoms with Crippen LogP contribution < -0.4 is 14.4 Å². The average molecular weight is 391 g/mol. The van der Waals surface area contributed by atoms with Gasteiger partial charge in [0.2, 0.25) is 0 Å². The van der Waals surface area contributed by atoms with Crippen molar-refractivity contribution in [1.82, 2.24) is 5.01 Å². The smallest absolute Gasteiger partial charge is 0.161 e. The number of hydrazone groups is 1. The Morgan fingerprint density at radius 1 is 0.931 bits per heavy atom. The van der Waals surface area contributed by atoms with E-state index in [9.17, 15) is 0 Å². The van der Waals surface area contributed by atoms with Crippen LogP contribution >= 0.6 is 0 Å². The maximum Gasteiger partial charge on any atom is 0.161 e. The van der Waals surface area contributed by atoms with Gasteiger partial charge in [0.1, 0.15) is 6.54 Å². The van der Waals surface area contributed by atoms with Crippen molar-refractivity contribution in [2.75, 3.05) is 40.4 Å². The molecule has 1 heterocycles. The molecule has 0 amide bonds. The summed E-state index contributed by atoms with van der Waals surface area (Å²) < 4.78 is 10.7. The highest BCUT2D eigenvalue weighted by Crippen LogP contribution is 2.26. The number of benzene rings is 3.